The minimum absolute atomic E-state index is 0.228. The van der Waals surface area contributed by atoms with Crippen molar-refractivity contribution in [2.75, 3.05) is 11.9 Å². The SMILES string of the molecule is Cc1c(Cl)cccc1Nc1nccc(C(=O)NCCc2ccccc2)n1. The minimum atomic E-state index is -0.228. The van der Waals surface area contributed by atoms with Crippen molar-refractivity contribution in [1.29, 1.82) is 0 Å². The van der Waals surface area contributed by atoms with E-state index in [1.807, 2.05) is 55.5 Å². The van der Waals surface area contributed by atoms with Crippen LogP contribution in [-0.2, 0) is 6.42 Å². The Morgan fingerprint density at radius 1 is 1.08 bits per heavy atom. The van der Waals surface area contributed by atoms with Gasteiger partial charge in [-0.05, 0) is 42.7 Å². The Hall–Kier alpha value is -2.92. The van der Waals surface area contributed by atoms with Gasteiger partial charge in [-0.15, -0.1) is 0 Å². The van der Waals surface area contributed by atoms with E-state index in [1.54, 1.807) is 12.3 Å². The van der Waals surface area contributed by atoms with E-state index in [-0.39, 0.29) is 5.91 Å². The molecule has 1 amide bonds. The van der Waals surface area contributed by atoms with Crippen LogP contribution in [0, 0.1) is 6.92 Å². The van der Waals surface area contributed by atoms with Crippen molar-refractivity contribution in [3.8, 4) is 0 Å². The fourth-order valence-electron chi connectivity index (χ4n) is 2.46. The molecule has 0 bridgehead atoms. The second kappa shape index (κ2) is 8.45. The van der Waals surface area contributed by atoms with Gasteiger partial charge in [-0.3, -0.25) is 4.79 Å². The summed E-state index contributed by atoms with van der Waals surface area (Å²) < 4.78 is 0. The van der Waals surface area contributed by atoms with Gasteiger partial charge in [-0.2, -0.15) is 0 Å². The lowest BCUT2D eigenvalue weighted by Crippen LogP contribution is -2.26. The normalized spacial score (nSPS) is 10.4. The van der Waals surface area contributed by atoms with Crippen LogP contribution < -0.4 is 10.6 Å². The van der Waals surface area contributed by atoms with Crippen molar-refractivity contribution < 1.29 is 4.79 Å². The second-order valence-corrected chi connectivity index (χ2v) is 6.20. The molecule has 1 heterocycles. The lowest BCUT2D eigenvalue weighted by molar-refractivity contribution is 0.0949. The largest absolute Gasteiger partial charge is 0.350 e. The Bertz CT molecular complexity index is 899. The molecule has 132 valence electrons. The fraction of sp³-hybridized carbons (Fsp3) is 0.150. The Kier molecular flexibility index (Phi) is 5.81. The summed E-state index contributed by atoms with van der Waals surface area (Å²) in [6.07, 6.45) is 2.33. The van der Waals surface area contributed by atoms with Gasteiger partial charge in [0.25, 0.3) is 5.91 Å². The van der Waals surface area contributed by atoms with Gasteiger partial charge in [0.05, 0.1) is 0 Å². The molecule has 2 N–H and O–H groups in total. The summed E-state index contributed by atoms with van der Waals surface area (Å²) in [6, 6.07) is 17.1. The molecule has 0 spiro atoms. The van der Waals surface area contributed by atoms with Crippen molar-refractivity contribution in [1.82, 2.24) is 15.3 Å². The molecule has 3 aromatic rings. The zero-order valence-corrected chi connectivity index (χ0v) is 15.1. The van der Waals surface area contributed by atoms with Crippen LogP contribution >= 0.6 is 11.6 Å². The van der Waals surface area contributed by atoms with Crippen molar-refractivity contribution in [3.05, 3.63) is 82.6 Å². The molecule has 0 saturated carbocycles. The van der Waals surface area contributed by atoms with Crippen LogP contribution in [0.1, 0.15) is 21.6 Å². The molecule has 0 aliphatic rings. The first-order chi connectivity index (χ1) is 12.6. The summed E-state index contributed by atoms with van der Waals surface area (Å²) >= 11 is 6.12. The molecule has 0 unspecified atom stereocenters. The van der Waals surface area contributed by atoms with E-state index in [0.717, 1.165) is 17.7 Å². The van der Waals surface area contributed by atoms with E-state index >= 15 is 0 Å². The first kappa shape index (κ1) is 17.9. The molecule has 1 aromatic heterocycles. The molecule has 0 aliphatic heterocycles. The Balaban J connectivity index is 1.63. The summed E-state index contributed by atoms with van der Waals surface area (Å²) in [6.45, 7) is 2.45. The highest BCUT2D eigenvalue weighted by Gasteiger charge is 2.10. The van der Waals surface area contributed by atoms with Crippen LogP contribution in [0.15, 0.2) is 60.8 Å². The molecule has 0 atom stereocenters. The molecule has 0 saturated heterocycles. The van der Waals surface area contributed by atoms with Crippen molar-refractivity contribution in [3.63, 3.8) is 0 Å². The van der Waals surface area contributed by atoms with E-state index in [4.69, 9.17) is 11.6 Å². The summed E-state index contributed by atoms with van der Waals surface area (Å²) in [7, 11) is 0. The molecular formula is C20H19ClN4O. The monoisotopic (exact) mass is 366 g/mol. The maximum Gasteiger partial charge on any atom is 0.270 e. The van der Waals surface area contributed by atoms with Gasteiger partial charge in [-0.25, -0.2) is 9.97 Å². The van der Waals surface area contributed by atoms with Crippen LogP contribution in [0.5, 0.6) is 0 Å². The third-order valence-electron chi connectivity index (χ3n) is 3.94. The van der Waals surface area contributed by atoms with Crippen LogP contribution in [0.2, 0.25) is 5.02 Å². The third kappa shape index (κ3) is 4.58. The number of rotatable bonds is 6. The average molecular weight is 367 g/mol. The molecular weight excluding hydrogens is 348 g/mol. The van der Waals surface area contributed by atoms with E-state index < -0.39 is 0 Å². The Labute approximate surface area is 157 Å². The highest BCUT2D eigenvalue weighted by Crippen LogP contribution is 2.24. The number of nitrogens with zero attached hydrogens (tertiary/aromatic N) is 2. The van der Waals surface area contributed by atoms with Crippen molar-refractivity contribution in [2.45, 2.75) is 13.3 Å². The van der Waals surface area contributed by atoms with E-state index in [2.05, 4.69) is 20.6 Å². The number of nitrogens with one attached hydrogen (secondary N) is 2. The van der Waals surface area contributed by atoms with Gasteiger partial charge >= 0.3 is 0 Å². The first-order valence-corrected chi connectivity index (χ1v) is 8.68. The molecule has 0 radical (unpaired) electrons. The van der Waals surface area contributed by atoms with Gasteiger partial charge in [0, 0.05) is 23.5 Å². The smallest absolute Gasteiger partial charge is 0.270 e. The van der Waals surface area contributed by atoms with E-state index in [1.165, 1.54) is 5.56 Å². The van der Waals surface area contributed by atoms with Gasteiger partial charge in [-0.1, -0.05) is 48.0 Å². The maximum atomic E-state index is 12.3. The molecule has 5 nitrogen and oxygen atoms in total. The predicted molar refractivity (Wildman–Crippen MR) is 104 cm³/mol. The van der Waals surface area contributed by atoms with Gasteiger partial charge < -0.3 is 10.6 Å². The quantitative estimate of drug-likeness (QED) is 0.687. The van der Waals surface area contributed by atoms with Gasteiger partial charge in [0.15, 0.2) is 0 Å². The number of hydrogen-bond acceptors (Lipinski definition) is 4. The Morgan fingerprint density at radius 3 is 2.69 bits per heavy atom. The van der Waals surface area contributed by atoms with Crippen molar-refractivity contribution in [2.24, 2.45) is 0 Å². The number of hydrogen-bond donors (Lipinski definition) is 2. The lowest BCUT2D eigenvalue weighted by Gasteiger charge is -2.10. The van der Waals surface area contributed by atoms with Gasteiger partial charge in [0.1, 0.15) is 5.69 Å². The maximum absolute atomic E-state index is 12.3. The molecule has 0 aliphatic carbocycles. The first-order valence-electron chi connectivity index (χ1n) is 8.31. The lowest BCUT2D eigenvalue weighted by atomic mass is 10.1. The molecule has 2 aromatic carbocycles. The highest BCUT2D eigenvalue weighted by atomic mass is 35.5. The van der Waals surface area contributed by atoms with Gasteiger partial charge in [0.2, 0.25) is 5.95 Å². The molecule has 6 heteroatoms. The van der Waals surface area contributed by atoms with Crippen molar-refractivity contribution >= 4 is 29.1 Å². The second-order valence-electron chi connectivity index (χ2n) is 5.79. The number of carbonyl (C=O) groups excluding carboxylic acids is 1. The minimum Gasteiger partial charge on any atom is -0.350 e. The van der Waals surface area contributed by atoms with Crippen LogP contribution in [0.25, 0.3) is 0 Å². The fourth-order valence-corrected chi connectivity index (χ4v) is 2.64. The van der Waals surface area contributed by atoms with E-state index in [9.17, 15) is 4.79 Å². The number of halogens is 1. The highest BCUT2D eigenvalue weighted by molar-refractivity contribution is 6.31. The van der Waals surface area contributed by atoms with E-state index in [0.29, 0.717) is 23.2 Å². The molecule has 3 rings (SSSR count). The zero-order chi connectivity index (χ0) is 18.4. The summed E-state index contributed by atoms with van der Waals surface area (Å²) in [5.41, 5.74) is 3.19. The number of carbonyl (C=O) groups is 1. The van der Waals surface area contributed by atoms with Crippen LogP contribution in [0.4, 0.5) is 11.6 Å². The summed E-state index contributed by atoms with van der Waals surface area (Å²) in [5.74, 6) is 0.125. The molecule has 0 fully saturated rings. The summed E-state index contributed by atoms with van der Waals surface area (Å²) in [4.78, 5) is 20.8. The topological polar surface area (TPSA) is 66.9 Å². The number of aromatic nitrogens is 2. The number of amides is 1. The number of anilines is 2. The average Bonchev–Trinajstić information content (AvgIpc) is 2.66. The standard InChI is InChI=1S/C20H19ClN4O/c1-14-16(21)8-5-9-17(14)24-20-23-13-11-18(25-20)19(26)22-12-10-15-6-3-2-4-7-15/h2-9,11,13H,10,12H2,1H3,(H,22,26)(H,23,24,25). The summed E-state index contributed by atoms with van der Waals surface area (Å²) in [5, 5.41) is 6.64. The predicted octanol–water partition coefficient (Wildman–Crippen LogP) is 4.15. The van der Waals surface area contributed by atoms with Crippen LogP contribution in [-0.4, -0.2) is 22.4 Å². The number of benzene rings is 2. The zero-order valence-electron chi connectivity index (χ0n) is 14.4. The molecule has 26 heavy (non-hydrogen) atoms. The van der Waals surface area contributed by atoms with Crippen LogP contribution in [0.3, 0.4) is 0 Å². The third-order valence-corrected chi connectivity index (χ3v) is 4.35. The Morgan fingerprint density at radius 2 is 1.88 bits per heavy atom.